The zero-order valence-electron chi connectivity index (χ0n) is 10.5. The highest BCUT2D eigenvalue weighted by Crippen LogP contribution is 2.29. The number of nitrogens with one attached hydrogen (secondary N) is 1. The molecule has 0 aromatic carbocycles. The Hall–Kier alpha value is -0.660. The van der Waals surface area contributed by atoms with Crippen molar-refractivity contribution in [2.75, 3.05) is 13.2 Å². The predicted octanol–water partition coefficient (Wildman–Crippen LogP) is 0.178. The number of rotatable bonds is 6. The molecule has 3 atom stereocenters. The molecule has 0 amide bonds. The van der Waals surface area contributed by atoms with Crippen molar-refractivity contribution in [2.24, 2.45) is 11.8 Å². The van der Waals surface area contributed by atoms with Crippen LogP contribution in [0.2, 0.25) is 0 Å². The van der Waals surface area contributed by atoms with Crippen LogP contribution in [-0.2, 0) is 14.8 Å². The minimum Gasteiger partial charge on any atom is -0.480 e. The van der Waals surface area contributed by atoms with Crippen LogP contribution >= 0.6 is 0 Å². The highest BCUT2D eigenvalue weighted by atomic mass is 32.2. The largest absolute Gasteiger partial charge is 0.480 e. The molecular formula is C11H21NO5S. The van der Waals surface area contributed by atoms with Gasteiger partial charge in [-0.05, 0) is 31.6 Å². The van der Waals surface area contributed by atoms with Gasteiger partial charge >= 0.3 is 5.97 Å². The molecular weight excluding hydrogens is 258 g/mol. The molecule has 0 aromatic rings. The average molecular weight is 279 g/mol. The number of aliphatic hydroxyl groups excluding tert-OH is 1. The molecule has 0 aliphatic heterocycles. The van der Waals surface area contributed by atoms with E-state index in [-0.39, 0.29) is 25.0 Å². The third-order valence-electron chi connectivity index (χ3n) is 3.66. The quantitative estimate of drug-likeness (QED) is 0.643. The van der Waals surface area contributed by atoms with E-state index in [4.69, 9.17) is 5.11 Å². The molecule has 1 rings (SSSR count). The highest BCUT2D eigenvalue weighted by Gasteiger charge is 2.30. The average Bonchev–Trinajstić information content (AvgIpc) is 2.35. The molecule has 0 aromatic heterocycles. The summed E-state index contributed by atoms with van der Waals surface area (Å²) in [5, 5.41) is 16.5. The first-order valence-corrected chi connectivity index (χ1v) is 7.75. The van der Waals surface area contributed by atoms with Gasteiger partial charge in [-0.15, -0.1) is 0 Å². The van der Waals surface area contributed by atoms with Crippen molar-refractivity contribution in [3.05, 3.63) is 0 Å². The second kappa shape index (κ2) is 6.49. The lowest BCUT2D eigenvalue weighted by molar-refractivity contribution is -0.136. The zero-order valence-corrected chi connectivity index (χ0v) is 11.3. The van der Waals surface area contributed by atoms with Gasteiger partial charge in [0.1, 0.15) is 0 Å². The summed E-state index contributed by atoms with van der Waals surface area (Å²) in [4.78, 5) is 10.7. The van der Waals surface area contributed by atoms with E-state index in [0.29, 0.717) is 0 Å². The first kappa shape index (κ1) is 15.4. The number of carboxylic acid groups (broad SMARTS) is 1. The Kier molecular flexibility index (Phi) is 5.55. The molecule has 1 saturated carbocycles. The molecule has 0 spiro atoms. The minimum absolute atomic E-state index is 0.0564. The Morgan fingerprint density at radius 1 is 1.33 bits per heavy atom. The molecule has 0 bridgehead atoms. The molecule has 3 unspecified atom stereocenters. The van der Waals surface area contributed by atoms with Gasteiger partial charge in [-0.1, -0.05) is 12.8 Å². The summed E-state index contributed by atoms with van der Waals surface area (Å²) in [6, 6.07) is 0. The van der Waals surface area contributed by atoms with Crippen LogP contribution in [0.15, 0.2) is 0 Å². The fourth-order valence-corrected chi connectivity index (χ4v) is 3.24. The zero-order chi connectivity index (χ0) is 13.8. The number of sulfonamides is 1. The molecule has 0 radical (unpaired) electrons. The predicted molar refractivity (Wildman–Crippen MR) is 66.6 cm³/mol. The van der Waals surface area contributed by atoms with Crippen molar-refractivity contribution in [2.45, 2.75) is 37.9 Å². The fraction of sp³-hybridized carbons (Fsp3) is 0.909. The van der Waals surface area contributed by atoms with Crippen LogP contribution in [-0.4, -0.2) is 43.0 Å². The second-order valence-corrected chi connectivity index (χ2v) is 6.95. The van der Waals surface area contributed by atoms with Crippen molar-refractivity contribution in [1.29, 1.82) is 0 Å². The van der Waals surface area contributed by atoms with E-state index < -0.39 is 21.2 Å². The topological polar surface area (TPSA) is 104 Å². The van der Waals surface area contributed by atoms with E-state index in [2.05, 4.69) is 4.72 Å². The summed E-state index contributed by atoms with van der Waals surface area (Å²) in [5.74, 6) is -1.15. The van der Waals surface area contributed by atoms with Gasteiger partial charge in [-0.2, -0.15) is 0 Å². The van der Waals surface area contributed by atoms with E-state index in [1.54, 1.807) is 0 Å². The fourth-order valence-electron chi connectivity index (χ4n) is 2.27. The van der Waals surface area contributed by atoms with Gasteiger partial charge in [-0.3, -0.25) is 4.79 Å². The summed E-state index contributed by atoms with van der Waals surface area (Å²) < 4.78 is 25.7. The lowest BCUT2D eigenvalue weighted by atomic mass is 9.80. The summed E-state index contributed by atoms with van der Waals surface area (Å²) in [6.45, 7) is 1.42. The Labute approximate surface area is 107 Å². The summed E-state index contributed by atoms with van der Waals surface area (Å²) in [6.07, 6.45) is 3.85. The molecule has 1 aliphatic rings. The van der Waals surface area contributed by atoms with Crippen molar-refractivity contribution < 1.29 is 23.4 Å². The Bertz CT molecular complexity index is 381. The van der Waals surface area contributed by atoms with E-state index in [9.17, 15) is 18.3 Å². The SMILES string of the molecule is CC(C(=O)O)S(=O)(=O)NCC1CCCCC1CO. The standard InChI is InChI=1S/C11H21NO5S/c1-8(11(14)15)18(16,17)12-6-9-4-2-3-5-10(9)7-13/h8-10,12-13H,2-7H2,1H3,(H,14,15). The Morgan fingerprint density at radius 3 is 2.39 bits per heavy atom. The van der Waals surface area contributed by atoms with Gasteiger partial charge in [0.25, 0.3) is 0 Å². The van der Waals surface area contributed by atoms with Crippen molar-refractivity contribution in [3.8, 4) is 0 Å². The van der Waals surface area contributed by atoms with Gasteiger partial charge in [0, 0.05) is 13.2 Å². The summed E-state index contributed by atoms with van der Waals surface area (Å²) in [7, 11) is -3.82. The first-order chi connectivity index (χ1) is 8.38. The second-order valence-electron chi connectivity index (χ2n) is 4.86. The molecule has 0 heterocycles. The third-order valence-corrected chi connectivity index (χ3v) is 5.36. The lowest BCUT2D eigenvalue weighted by Crippen LogP contribution is -2.41. The number of carbonyl (C=O) groups is 1. The van der Waals surface area contributed by atoms with Crippen LogP contribution in [0.5, 0.6) is 0 Å². The Balaban J connectivity index is 2.55. The normalized spacial score (nSPS) is 26.8. The first-order valence-electron chi connectivity index (χ1n) is 6.20. The lowest BCUT2D eigenvalue weighted by Gasteiger charge is -2.30. The molecule has 1 aliphatic carbocycles. The number of carboxylic acids is 1. The third kappa shape index (κ3) is 3.93. The number of aliphatic carboxylic acids is 1. The van der Waals surface area contributed by atoms with Crippen LogP contribution in [0.3, 0.4) is 0 Å². The minimum atomic E-state index is -3.82. The van der Waals surface area contributed by atoms with Crippen LogP contribution in [0.4, 0.5) is 0 Å². The van der Waals surface area contributed by atoms with Crippen molar-refractivity contribution in [1.82, 2.24) is 4.72 Å². The monoisotopic (exact) mass is 279 g/mol. The van der Waals surface area contributed by atoms with Crippen LogP contribution in [0.1, 0.15) is 32.6 Å². The van der Waals surface area contributed by atoms with E-state index in [0.717, 1.165) is 32.6 Å². The van der Waals surface area contributed by atoms with E-state index >= 15 is 0 Å². The number of aliphatic hydroxyl groups is 1. The van der Waals surface area contributed by atoms with Crippen LogP contribution in [0, 0.1) is 11.8 Å². The molecule has 106 valence electrons. The van der Waals surface area contributed by atoms with Crippen LogP contribution in [0.25, 0.3) is 0 Å². The van der Waals surface area contributed by atoms with Gasteiger partial charge in [0.05, 0.1) is 0 Å². The molecule has 18 heavy (non-hydrogen) atoms. The molecule has 6 nitrogen and oxygen atoms in total. The van der Waals surface area contributed by atoms with Crippen LogP contribution < -0.4 is 4.72 Å². The van der Waals surface area contributed by atoms with Gasteiger partial charge < -0.3 is 10.2 Å². The van der Waals surface area contributed by atoms with E-state index in [1.807, 2.05) is 0 Å². The van der Waals surface area contributed by atoms with Crippen molar-refractivity contribution in [3.63, 3.8) is 0 Å². The van der Waals surface area contributed by atoms with Gasteiger partial charge in [-0.25, -0.2) is 13.1 Å². The van der Waals surface area contributed by atoms with Gasteiger partial charge in [0.2, 0.25) is 10.0 Å². The maximum Gasteiger partial charge on any atom is 0.323 e. The Morgan fingerprint density at radius 2 is 1.89 bits per heavy atom. The summed E-state index contributed by atoms with van der Waals surface area (Å²) >= 11 is 0. The van der Waals surface area contributed by atoms with Crippen molar-refractivity contribution >= 4 is 16.0 Å². The number of hydrogen-bond donors (Lipinski definition) is 3. The molecule has 3 N–H and O–H groups in total. The molecule has 7 heteroatoms. The molecule has 1 fully saturated rings. The smallest absolute Gasteiger partial charge is 0.323 e. The molecule has 0 saturated heterocycles. The number of hydrogen-bond acceptors (Lipinski definition) is 4. The summed E-state index contributed by atoms with van der Waals surface area (Å²) in [5.41, 5.74) is 0. The van der Waals surface area contributed by atoms with E-state index in [1.165, 1.54) is 0 Å². The maximum absolute atomic E-state index is 11.7. The maximum atomic E-state index is 11.7. The highest BCUT2D eigenvalue weighted by molar-refractivity contribution is 7.90. The van der Waals surface area contributed by atoms with Gasteiger partial charge in [0.15, 0.2) is 5.25 Å².